The van der Waals surface area contributed by atoms with Gasteiger partial charge in [0.05, 0.1) is 10.4 Å². The summed E-state index contributed by atoms with van der Waals surface area (Å²) in [5, 5.41) is 13.3. The predicted octanol–water partition coefficient (Wildman–Crippen LogP) is 3.49. The fourth-order valence-corrected chi connectivity index (χ4v) is 2.74. The Balaban J connectivity index is 2.03. The van der Waals surface area contributed by atoms with Crippen molar-refractivity contribution in [1.82, 2.24) is 4.57 Å². The lowest BCUT2D eigenvalue weighted by Gasteiger charge is -2.10. The van der Waals surface area contributed by atoms with Gasteiger partial charge in [-0.25, -0.2) is 4.39 Å². The van der Waals surface area contributed by atoms with Crippen LogP contribution in [0.5, 0.6) is 0 Å². The van der Waals surface area contributed by atoms with Crippen molar-refractivity contribution in [3.8, 4) is 0 Å². The molecule has 0 saturated heterocycles. The quantitative estimate of drug-likeness (QED) is 0.560. The number of nitro groups is 1. The van der Waals surface area contributed by atoms with Crippen molar-refractivity contribution in [2.24, 2.45) is 7.05 Å². The van der Waals surface area contributed by atoms with Gasteiger partial charge in [-0.15, -0.1) is 0 Å². The minimum absolute atomic E-state index is 0.0576. The van der Waals surface area contributed by atoms with Gasteiger partial charge < -0.3 is 9.88 Å². The van der Waals surface area contributed by atoms with E-state index in [1.807, 2.05) is 0 Å². The number of rotatable bonds is 3. The Hall–Kier alpha value is -3.26. The van der Waals surface area contributed by atoms with Crippen molar-refractivity contribution < 1.29 is 14.1 Å². The average molecular weight is 376 g/mol. The average Bonchev–Trinajstić information content (AvgIpc) is 2.59. The summed E-state index contributed by atoms with van der Waals surface area (Å²) >= 11 is 5.73. The molecule has 9 heteroatoms. The largest absolute Gasteiger partial charge is 0.350 e. The smallest absolute Gasteiger partial charge is 0.289 e. The number of anilines is 1. The lowest BCUT2D eigenvalue weighted by molar-refractivity contribution is -0.384. The number of benzene rings is 2. The van der Waals surface area contributed by atoms with E-state index in [1.54, 1.807) is 7.05 Å². The lowest BCUT2D eigenvalue weighted by Crippen LogP contribution is -2.23. The highest BCUT2D eigenvalue weighted by atomic mass is 35.5. The summed E-state index contributed by atoms with van der Waals surface area (Å²) < 4.78 is 15.0. The van der Waals surface area contributed by atoms with E-state index in [4.69, 9.17) is 11.6 Å². The molecule has 0 atom stereocenters. The van der Waals surface area contributed by atoms with Crippen LogP contribution in [0.15, 0.2) is 47.4 Å². The maximum atomic E-state index is 13.5. The molecule has 0 spiro atoms. The summed E-state index contributed by atoms with van der Waals surface area (Å²) in [6.07, 6.45) is 1.32. The number of carbonyl (C=O) groups is 1. The van der Waals surface area contributed by atoms with Crippen molar-refractivity contribution in [2.45, 2.75) is 0 Å². The molecule has 1 heterocycles. The molecular formula is C17H11ClFN3O4. The molecule has 0 radical (unpaired) electrons. The number of aryl methyl sites for hydroxylation is 1. The zero-order valence-electron chi connectivity index (χ0n) is 13.3. The Morgan fingerprint density at radius 2 is 2.00 bits per heavy atom. The van der Waals surface area contributed by atoms with Gasteiger partial charge in [0.1, 0.15) is 16.4 Å². The van der Waals surface area contributed by atoms with Crippen molar-refractivity contribution in [3.05, 3.63) is 79.3 Å². The molecule has 0 fully saturated rings. The van der Waals surface area contributed by atoms with Crippen LogP contribution < -0.4 is 10.7 Å². The predicted molar refractivity (Wildman–Crippen MR) is 95.2 cm³/mol. The van der Waals surface area contributed by atoms with Crippen LogP contribution in [0.25, 0.3) is 10.9 Å². The molecule has 0 aliphatic heterocycles. The minimum Gasteiger partial charge on any atom is -0.350 e. The Kier molecular flexibility index (Phi) is 4.43. The third kappa shape index (κ3) is 3.14. The third-order valence-corrected chi connectivity index (χ3v) is 4.12. The van der Waals surface area contributed by atoms with Crippen molar-refractivity contribution in [1.29, 1.82) is 0 Å². The van der Waals surface area contributed by atoms with Crippen LogP contribution in [-0.4, -0.2) is 15.4 Å². The van der Waals surface area contributed by atoms with E-state index in [0.29, 0.717) is 5.52 Å². The topological polar surface area (TPSA) is 94.2 Å². The molecule has 2 aromatic carbocycles. The van der Waals surface area contributed by atoms with Crippen LogP contribution in [0.1, 0.15) is 10.4 Å². The van der Waals surface area contributed by atoms with E-state index in [9.17, 15) is 24.1 Å². The minimum atomic E-state index is -0.770. The van der Waals surface area contributed by atoms with Crippen LogP contribution >= 0.6 is 11.6 Å². The summed E-state index contributed by atoms with van der Waals surface area (Å²) in [6, 6.07) is 7.44. The normalized spacial score (nSPS) is 10.7. The highest BCUT2D eigenvalue weighted by molar-refractivity contribution is 6.32. The van der Waals surface area contributed by atoms with Gasteiger partial charge in [0.15, 0.2) is 0 Å². The molecule has 0 saturated carbocycles. The SMILES string of the molecule is Cn1cc(C(=O)Nc2ccc(Cl)c([N+](=O)[O-])c2)c(=O)c2cc(F)ccc21. The molecule has 0 aliphatic carbocycles. The number of nitrogens with one attached hydrogen (secondary N) is 1. The summed E-state index contributed by atoms with van der Waals surface area (Å²) in [7, 11) is 1.61. The van der Waals surface area contributed by atoms with Crippen LogP contribution in [0.4, 0.5) is 15.8 Å². The van der Waals surface area contributed by atoms with Crippen LogP contribution in [0, 0.1) is 15.9 Å². The lowest BCUT2D eigenvalue weighted by atomic mass is 10.1. The molecule has 1 amide bonds. The molecule has 0 bridgehead atoms. The van der Waals surface area contributed by atoms with E-state index >= 15 is 0 Å². The Morgan fingerprint density at radius 3 is 2.69 bits per heavy atom. The first-order valence-corrected chi connectivity index (χ1v) is 7.70. The van der Waals surface area contributed by atoms with Crippen molar-refractivity contribution >= 4 is 39.8 Å². The van der Waals surface area contributed by atoms with Gasteiger partial charge in [0.25, 0.3) is 11.6 Å². The van der Waals surface area contributed by atoms with E-state index < -0.39 is 22.1 Å². The van der Waals surface area contributed by atoms with Gasteiger partial charge in [0, 0.05) is 30.4 Å². The number of nitrogens with zero attached hydrogens (tertiary/aromatic N) is 2. The first kappa shape index (κ1) is 17.6. The molecular weight excluding hydrogens is 365 g/mol. The second-order valence-electron chi connectivity index (χ2n) is 5.52. The first-order chi connectivity index (χ1) is 12.3. The van der Waals surface area contributed by atoms with Gasteiger partial charge in [-0.2, -0.15) is 0 Å². The number of fused-ring (bicyclic) bond motifs is 1. The van der Waals surface area contributed by atoms with Crippen molar-refractivity contribution in [2.75, 3.05) is 5.32 Å². The molecule has 132 valence electrons. The molecule has 1 N–H and O–H groups in total. The summed E-state index contributed by atoms with van der Waals surface area (Å²) in [5.74, 6) is -1.37. The highest BCUT2D eigenvalue weighted by Crippen LogP contribution is 2.27. The maximum Gasteiger partial charge on any atom is 0.289 e. The maximum absolute atomic E-state index is 13.5. The zero-order valence-corrected chi connectivity index (χ0v) is 14.1. The van der Waals surface area contributed by atoms with E-state index in [1.165, 1.54) is 35.0 Å². The second-order valence-corrected chi connectivity index (χ2v) is 5.93. The molecule has 0 unspecified atom stereocenters. The molecule has 1 aromatic heterocycles. The third-order valence-electron chi connectivity index (χ3n) is 3.80. The van der Waals surface area contributed by atoms with Crippen LogP contribution in [-0.2, 0) is 7.05 Å². The van der Waals surface area contributed by atoms with Crippen LogP contribution in [0.3, 0.4) is 0 Å². The van der Waals surface area contributed by atoms with Gasteiger partial charge in [-0.05, 0) is 30.3 Å². The summed E-state index contributed by atoms with van der Waals surface area (Å²) in [5.41, 5.74) is -0.665. The number of aromatic nitrogens is 1. The number of hydrogen-bond acceptors (Lipinski definition) is 4. The van der Waals surface area contributed by atoms with E-state index in [2.05, 4.69) is 5.32 Å². The number of halogens is 2. The highest BCUT2D eigenvalue weighted by Gasteiger charge is 2.18. The van der Waals surface area contributed by atoms with E-state index in [-0.39, 0.29) is 27.3 Å². The van der Waals surface area contributed by atoms with Crippen LogP contribution in [0.2, 0.25) is 5.02 Å². The number of hydrogen-bond donors (Lipinski definition) is 1. The molecule has 3 aromatic rings. The Morgan fingerprint density at radius 1 is 1.27 bits per heavy atom. The van der Waals surface area contributed by atoms with Gasteiger partial charge >= 0.3 is 0 Å². The number of amides is 1. The van der Waals surface area contributed by atoms with Crippen molar-refractivity contribution in [3.63, 3.8) is 0 Å². The fraction of sp³-hybridized carbons (Fsp3) is 0.0588. The first-order valence-electron chi connectivity index (χ1n) is 7.32. The van der Waals surface area contributed by atoms with Gasteiger partial charge in [-0.3, -0.25) is 19.7 Å². The molecule has 0 aliphatic rings. The zero-order chi connectivity index (χ0) is 19.0. The fourth-order valence-electron chi connectivity index (χ4n) is 2.56. The standard InChI is InChI=1S/C17H11ClFN3O4/c1-21-8-12(16(23)11-6-9(19)2-5-14(11)21)17(24)20-10-3-4-13(18)15(7-10)22(25)26/h2-8H,1H3,(H,20,24). The van der Waals surface area contributed by atoms with Gasteiger partial charge in [-0.1, -0.05) is 11.6 Å². The summed E-state index contributed by atoms with van der Waals surface area (Å²) in [4.78, 5) is 35.2. The second kappa shape index (κ2) is 6.57. The monoisotopic (exact) mass is 375 g/mol. The molecule has 7 nitrogen and oxygen atoms in total. The summed E-state index contributed by atoms with van der Waals surface area (Å²) in [6.45, 7) is 0. The number of pyridine rings is 1. The van der Waals surface area contributed by atoms with Gasteiger partial charge in [0.2, 0.25) is 5.43 Å². The molecule has 3 rings (SSSR count). The Labute approximate surface area is 150 Å². The molecule has 26 heavy (non-hydrogen) atoms. The van der Waals surface area contributed by atoms with E-state index in [0.717, 1.165) is 12.1 Å². The number of nitro benzene ring substituents is 1. The number of carbonyl (C=O) groups excluding carboxylic acids is 1. The Bertz CT molecular complexity index is 1130.